The van der Waals surface area contributed by atoms with Gasteiger partial charge in [0, 0.05) is 0 Å². The van der Waals surface area contributed by atoms with E-state index in [-0.39, 0.29) is 5.54 Å². The molecule has 3 nitrogen and oxygen atoms in total. The number of nitriles is 1. The Morgan fingerprint density at radius 2 is 2.00 bits per heavy atom. The van der Waals surface area contributed by atoms with E-state index >= 15 is 0 Å². The summed E-state index contributed by atoms with van der Waals surface area (Å²) < 4.78 is 0. The normalized spacial score (nSPS) is 18.3. The first kappa shape index (κ1) is 11.9. The van der Waals surface area contributed by atoms with Crippen molar-refractivity contribution in [3.8, 4) is 6.07 Å². The SMILES string of the molecule is CCC(C)(C)N=NC1=C(C#N)CCCC1. The summed E-state index contributed by atoms with van der Waals surface area (Å²) in [6, 6.07) is 2.23. The highest BCUT2D eigenvalue weighted by atomic mass is 15.1. The lowest BCUT2D eigenvalue weighted by atomic mass is 9.97. The summed E-state index contributed by atoms with van der Waals surface area (Å²) in [6.07, 6.45) is 4.99. The minimum atomic E-state index is -0.106. The van der Waals surface area contributed by atoms with Crippen molar-refractivity contribution in [1.29, 1.82) is 5.26 Å². The van der Waals surface area contributed by atoms with Crippen LogP contribution in [0.25, 0.3) is 0 Å². The van der Waals surface area contributed by atoms with E-state index in [0.29, 0.717) is 0 Å². The van der Waals surface area contributed by atoms with E-state index in [0.717, 1.165) is 43.4 Å². The molecule has 0 aromatic heterocycles. The third-order valence-corrected chi connectivity index (χ3v) is 2.88. The summed E-state index contributed by atoms with van der Waals surface area (Å²) in [7, 11) is 0. The van der Waals surface area contributed by atoms with Crippen molar-refractivity contribution in [2.45, 2.75) is 58.4 Å². The molecule has 0 heterocycles. The second-order valence-electron chi connectivity index (χ2n) is 4.61. The molecule has 0 bridgehead atoms. The zero-order chi connectivity index (χ0) is 11.3. The Kier molecular flexibility index (Phi) is 4.02. The predicted octanol–water partition coefficient (Wildman–Crippen LogP) is 3.98. The van der Waals surface area contributed by atoms with E-state index in [2.05, 4.69) is 37.1 Å². The molecule has 0 spiro atoms. The van der Waals surface area contributed by atoms with Crippen LogP contribution < -0.4 is 0 Å². The first-order chi connectivity index (χ1) is 7.09. The van der Waals surface area contributed by atoms with Gasteiger partial charge >= 0.3 is 0 Å². The molecule has 82 valence electrons. The molecule has 0 unspecified atom stereocenters. The van der Waals surface area contributed by atoms with Gasteiger partial charge in [0.25, 0.3) is 0 Å². The summed E-state index contributed by atoms with van der Waals surface area (Å²) in [5.74, 6) is 0. The molecule has 0 aromatic carbocycles. The van der Waals surface area contributed by atoms with Crippen LogP contribution in [-0.2, 0) is 0 Å². The minimum Gasteiger partial charge on any atom is -0.193 e. The molecule has 0 amide bonds. The Balaban J connectivity index is 2.80. The molecule has 15 heavy (non-hydrogen) atoms. The van der Waals surface area contributed by atoms with Crippen LogP contribution in [0, 0.1) is 11.3 Å². The minimum absolute atomic E-state index is 0.106. The smallest absolute Gasteiger partial charge is 0.0966 e. The topological polar surface area (TPSA) is 48.5 Å². The lowest BCUT2D eigenvalue weighted by Crippen LogP contribution is -2.13. The van der Waals surface area contributed by atoms with Gasteiger partial charge in [-0.1, -0.05) is 6.92 Å². The van der Waals surface area contributed by atoms with E-state index in [1.165, 1.54) is 0 Å². The quantitative estimate of drug-likeness (QED) is 0.643. The maximum Gasteiger partial charge on any atom is 0.0966 e. The fraction of sp³-hybridized carbons (Fsp3) is 0.750. The fourth-order valence-corrected chi connectivity index (χ4v) is 1.39. The third-order valence-electron chi connectivity index (χ3n) is 2.88. The number of nitrogens with zero attached hydrogens (tertiary/aromatic N) is 3. The van der Waals surface area contributed by atoms with Gasteiger partial charge in [0.15, 0.2) is 0 Å². The van der Waals surface area contributed by atoms with Crippen LogP contribution in [0.4, 0.5) is 0 Å². The largest absolute Gasteiger partial charge is 0.193 e. The van der Waals surface area contributed by atoms with Crippen molar-refractivity contribution < 1.29 is 0 Å². The second-order valence-corrected chi connectivity index (χ2v) is 4.61. The molecule has 0 atom stereocenters. The maximum absolute atomic E-state index is 8.94. The van der Waals surface area contributed by atoms with Gasteiger partial charge in [0.2, 0.25) is 0 Å². The van der Waals surface area contributed by atoms with Crippen molar-refractivity contribution in [2.24, 2.45) is 10.2 Å². The molecule has 0 saturated heterocycles. The highest BCUT2D eigenvalue weighted by Crippen LogP contribution is 2.26. The lowest BCUT2D eigenvalue weighted by Gasteiger charge is -2.16. The highest BCUT2D eigenvalue weighted by Gasteiger charge is 2.15. The maximum atomic E-state index is 8.94. The Morgan fingerprint density at radius 3 is 2.60 bits per heavy atom. The molecule has 0 aliphatic heterocycles. The lowest BCUT2D eigenvalue weighted by molar-refractivity contribution is 0.474. The van der Waals surface area contributed by atoms with Crippen LogP contribution in [0.5, 0.6) is 0 Å². The summed E-state index contributed by atoms with van der Waals surface area (Å²) >= 11 is 0. The van der Waals surface area contributed by atoms with Crippen molar-refractivity contribution in [2.75, 3.05) is 0 Å². The highest BCUT2D eigenvalue weighted by molar-refractivity contribution is 5.28. The average Bonchev–Trinajstić information content (AvgIpc) is 2.27. The predicted molar refractivity (Wildman–Crippen MR) is 60.3 cm³/mol. The van der Waals surface area contributed by atoms with E-state index in [1.54, 1.807) is 0 Å². The van der Waals surface area contributed by atoms with E-state index in [9.17, 15) is 0 Å². The van der Waals surface area contributed by atoms with Gasteiger partial charge in [-0.15, -0.1) is 0 Å². The Bertz CT molecular complexity index is 318. The second kappa shape index (κ2) is 5.06. The summed E-state index contributed by atoms with van der Waals surface area (Å²) in [4.78, 5) is 0. The standard InChI is InChI=1S/C12H19N3/c1-4-12(2,3)15-14-11-8-6-5-7-10(11)9-13/h4-8H2,1-3H3. The zero-order valence-corrected chi connectivity index (χ0v) is 9.88. The fourth-order valence-electron chi connectivity index (χ4n) is 1.39. The van der Waals surface area contributed by atoms with Crippen molar-refractivity contribution >= 4 is 0 Å². The first-order valence-corrected chi connectivity index (χ1v) is 5.64. The van der Waals surface area contributed by atoms with Gasteiger partial charge < -0.3 is 0 Å². The van der Waals surface area contributed by atoms with Crippen LogP contribution in [0.1, 0.15) is 52.9 Å². The van der Waals surface area contributed by atoms with Gasteiger partial charge in [-0.05, 0) is 46.0 Å². The molecule has 1 aliphatic carbocycles. The average molecular weight is 205 g/mol. The molecule has 0 N–H and O–H groups in total. The number of allylic oxidation sites excluding steroid dienone is 2. The van der Waals surface area contributed by atoms with Crippen LogP contribution in [0.15, 0.2) is 21.5 Å². The molecule has 0 saturated carbocycles. The van der Waals surface area contributed by atoms with Gasteiger partial charge in [0.05, 0.1) is 22.9 Å². The molecule has 3 heteroatoms. The van der Waals surface area contributed by atoms with Gasteiger partial charge in [-0.3, -0.25) is 0 Å². The summed E-state index contributed by atoms with van der Waals surface area (Å²) in [5.41, 5.74) is 1.63. The van der Waals surface area contributed by atoms with Gasteiger partial charge in [0.1, 0.15) is 0 Å². The zero-order valence-electron chi connectivity index (χ0n) is 9.88. The molecular weight excluding hydrogens is 186 g/mol. The number of hydrogen-bond acceptors (Lipinski definition) is 3. The summed E-state index contributed by atoms with van der Waals surface area (Å²) in [5, 5.41) is 17.5. The van der Waals surface area contributed by atoms with E-state index < -0.39 is 0 Å². The van der Waals surface area contributed by atoms with Crippen LogP contribution in [0.3, 0.4) is 0 Å². The van der Waals surface area contributed by atoms with Crippen LogP contribution >= 0.6 is 0 Å². The molecule has 1 rings (SSSR count). The van der Waals surface area contributed by atoms with Crippen LogP contribution in [-0.4, -0.2) is 5.54 Å². The third kappa shape index (κ3) is 3.47. The number of rotatable bonds is 3. The van der Waals surface area contributed by atoms with E-state index in [1.807, 2.05) is 0 Å². The summed E-state index contributed by atoms with van der Waals surface area (Å²) in [6.45, 7) is 6.22. The van der Waals surface area contributed by atoms with Gasteiger partial charge in [-0.2, -0.15) is 15.5 Å². The molecular formula is C12H19N3. The van der Waals surface area contributed by atoms with Crippen molar-refractivity contribution in [1.82, 2.24) is 0 Å². The molecule has 0 aromatic rings. The van der Waals surface area contributed by atoms with Crippen LogP contribution in [0.2, 0.25) is 0 Å². The number of hydrogen-bond donors (Lipinski definition) is 0. The molecule has 0 fully saturated rings. The van der Waals surface area contributed by atoms with Gasteiger partial charge in [-0.25, -0.2) is 0 Å². The monoisotopic (exact) mass is 205 g/mol. The Morgan fingerprint density at radius 1 is 1.33 bits per heavy atom. The molecule has 1 aliphatic rings. The van der Waals surface area contributed by atoms with Crippen molar-refractivity contribution in [3.63, 3.8) is 0 Å². The van der Waals surface area contributed by atoms with Crippen molar-refractivity contribution in [3.05, 3.63) is 11.3 Å². The Labute approximate surface area is 91.9 Å². The number of azo groups is 1. The molecule has 0 radical (unpaired) electrons. The Hall–Kier alpha value is -1.17. The first-order valence-electron chi connectivity index (χ1n) is 5.64. The van der Waals surface area contributed by atoms with E-state index in [4.69, 9.17) is 5.26 Å².